The molecule has 2 nitrogen and oxygen atoms in total. The molecule has 86 valence electrons. The summed E-state index contributed by atoms with van der Waals surface area (Å²) in [5.41, 5.74) is -3.55. The molecule has 0 amide bonds. The zero-order valence-electron chi connectivity index (χ0n) is 7.94. The summed E-state index contributed by atoms with van der Waals surface area (Å²) in [4.78, 5) is 3.08. The van der Waals surface area contributed by atoms with Crippen LogP contribution in [-0.2, 0) is 6.18 Å². The summed E-state index contributed by atoms with van der Waals surface area (Å²) in [5, 5.41) is 8.46. The van der Waals surface area contributed by atoms with Crippen LogP contribution in [0.15, 0.2) is 6.20 Å². The van der Waals surface area contributed by atoms with E-state index in [0.717, 1.165) is 6.92 Å². The topological polar surface area (TPSA) is 36.7 Å². The normalized spacial score (nSPS) is 11.6. The Hall–Kier alpha value is -1.71. The van der Waals surface area contributed by atoms with Gasteiger partial charge < -0.3 is 0 Å². The van der Waals surface area contributed by atoms with Gasteiger partial charge in [0.25, 0.3) is 6.43 Å². The van der Waals surface area contributed by atoms with Crippen LogP contribution in [0.1, 0.15) is 28.8 Å². The first-order valence-electron chi connectivity index (χ1n) is 4.04. The van der Waals surface area contributed by atoms with Gasteiger partial charge in [0.1, 0.15) is 11.8 Å². The Morgan fingerprint density at radius 3 is 2.31 bits per heavy atom. The van der Waals surface area contributed by atoms with E-state index < -0.39 is 35.0 Å². The van der Waals surface area contributed by atoms with E-state index in [4.69, 9.17) is 5.26 Å². The largest absolute Gasteiger partial charge is 0.418 e. The number of nitrogens with zero attached hydrogens (tertiary/aromatic N) is 2. The third-order valence-corrected chi connectivity index (χ3v) is 2.02. The van der Waals surface area contributed by atoms with E-state index in [0.29, 0.717) is 6.20 Å². The zero-order valence-corrected chi connectivity index (χ0v) is 7.94. The second kappa shape index (κ2) is 4.04. The fourth-order valence-electron chi connectivity index (χ4n) is 1.26. The Balaban J connectivity index is 3.52. The van der Waals surface area contributed by atoms with Crippen LogP contribution in [0.25, 0.3) is 0 Å². The van der Waals surface area contributed by atoms with Gasteiger partial charge in [0.2, 0.25) is 0 Å². The predicted molar refractivity (Wildman–Crippen MR) is 43.6 cm³/mol. The van der Waals surface area contributed by atoms with E-state index >= 15 is 0 Å². The van der Waals surface area contributed by atoms with Crippen LogP contribution in [0.5, 0.6) is 0 Å². The highest BCUT2D eigenvalue weighted by molar-refractivity contribution is 5.42. The fraction of sp³-hybridized carbons (Fsp3) is 0.333. The van der Waals surface area contributed by atoms with Gasteiger partial charge in [0.05, 0.1) is 11.1 Å². The summed E-state index contributed by atoms with van der Waals surface area (Å²) in [5.74, 6) is 0. The van der Waals surface area contributed by atoms with E-state index in [2.05, 4.69) is 4.98 Å². The zero-order chi connectivity index (χ0) is 12.5. The maximum atomic E-state index is 12.5. The molecule has 0 fully saturated rings. The molecule has 0 bridgehead atoms. The first kappa shape index (κ1) is 12.4. The molecule has 16 heavy (non-hydrogen) atoms. The number of hydrogen-bond donors (Lipinski definition) is 0. The third kappa shape index (κ3) is 2.10. The molecule has 0 aliphatic heterocycles. The molecule has 0 saturated heterocycles. The predicted octanol–water partition coefficient (Wildman–Crippen LogP) is 3.22. The quantitative estimate of drug-likeness (QED) is 0.702. The molecule has 0 spiro atoms. The van der Waals surface area contributed by atoms with Gasteiger partial charge in [-0.05, 0) is 12.5 Å². The summed E-state index contributed by atoms with van der Waals surface area (Å²) in [6.45, 7) is 0.896. The summed E-state index contributed by atoms with van der Waals surface area (Å²) in [7, 11) is 0. The van der Waals surface area contributed by atoms with E-state index in [1.54, 1.807) is 0 Å². The molecule has 0 saturated carbocycles. The second-order valence-electron chi connectivity index (χ2n) is 2.97. The molecule has 1 heterocycles. The van der Waals surface area contributed by atoms with Crippen LogP contribution in [0.4, 0.5) is 22.0 Å². The average Bonchev–Trinajstić information content (AvgIpc) is 2.14. The molecule has 0 aromatic carbocycles. The highest BCUT2D eigenvalue weighted by Gasteiger charge is 2.35. The van der Waals surface area contributed by atoms with Crippen LogP contribution in [0.2, 0.25) is 0 Å². The Bertz CT molecular complexity index is 444. The van der Waals surface area contributed by atoms with Gasteiger partial charge in [-0.15, -0.1) is 0 Å². The molecule has 0 unspecified atom stereocenters. The Morgan fingerprint density at radius 2 is 1.94 bits per heavy atom. The first-order valence-corrected chi connectivity index (χ1v) is 4.04. The average molecular weight is 236 g/mol. The minimum atomic E-state index is -4.76. The number of aromatic nitrogens is 1. The van der Waals surface area contributed by atoms with Crippen molar-refractivity contribution in [1.82, 2.24) is 4.98 Å². The number of hydrogen-bond acceptors (Lipinski definition) is 2. The van der Waals surface area contributed by atoms with Gasteiger partial charge in [-0.2, -0.15) is 18.4 Å². The second-order valence-corrected chi connectivity index (χ2v) is 2.97. The van der Waals surface area contributed by atoms with Crippen molar-refractivity contribution in [2.45, 2.75) is 19.5 Å². The lowest BCUT2D eigenvalue weighted by Crippen LogP contribution is -2.12. The maximum Gasteiger partial charge on any atom is 0.418 e. The molecule has 1 rings (SSSR count). The summed E-state index contributed by atoms with van der Waals surface area (Å²) in [6.07, 6.45) is -7.53. The van der Waals surface area contributed by atoms with Gasteiger partial charge >= 0.3 is 6.18 Å². The van der Waals surface area contributed by atoms with E-state index in [1.807, 2.05) is 0 Å². The van der Waals surface area contributed by atoms with Gasteiger partial charge in [-0.1, -0.05) is 0 Å². The fourth-order valence-corrected chi connectivity index (χ4v) is 1.26. The van der Waals surface area contributed by atoms with Gasteiger partial charge in [-0.25, -0.2) is 13.8 Å². The summed E-state index contributed by atoms with van der Waals surface area (Å²) < 4.78 is 62.1. The van der Waals surface area contributed by atoms with E-state index in [1.165, 1.54) is 6.07 Å². The van der Waals surface area contributed by atoms with Gasteiger partial charge in [0.15, 0.2) is 0 Å². The summed E-state index contributed by atoms with van der Waals surface area (Å²) in [6, 6.07) is 1.34. The first-order chi connectivity index (χ1) is 7.29. The highest BCUT2D eigenvalue weighted by atomic mass is 19.4. The van der Waals surface area contributed by atoms with Crippen molar-refractivity contribution < 1.29 is 22.0 Å². The molecule has 0 N–H and O–H groups in total. The number of alkyl halides is 5. The van der Waals surface area contributed by atoms with Crippen molar-refractivity contribution in [2.24, 2.45) is 0 Å². The third-order valence-electron chi connectivity index (χ3n) is 2.02. The van der Waals surface area contributed by atoms with Crippen LogP contribution < -0.4 is 0 Å². The van der Waals surface area contributed by atoms with Crippen LogP contribution in [0.3, 0.4) is 0 Å². The number of pyridine rings is 1. The van der Waals surface area contributed by atoms with Crippen molar-refractivity contribution in [3.8, 4) is 6.07 Å². The maximum absolute atomic E-state index is 12.5. The van der Waals surface area contributed by atoms with E-state index in [9.17, 15) is 22.0 Å². The molecular formula is C9H5F5N2. The SMILES string of the molecule is Cc1c(C(F)(F)F)cnc(C#N)c1C(F)F. The molecule has 0 radical (unpaired) electrons. The molecule has 7 heteroatoms. The van der Waals surface area contributed by atoms with Crippen molar-refractivity contribution in [2.75, 3.05) is 0 Å². The molecule has 0 atom stereocenters. The van der Waals surface area contributed by atoms with Crippen molar-refractivity contribution in [3.05, 3.63) is 28.6 Å². The lowest BCUT2D eigenvalue weighted by molar-refractivity contribution is -0.138. The summed E-state index contributed by atoms with van der Waals surface area (Å²) >= 11 is 0. The minimum Gasteiger partial charge on any atom is -0.244 e. The Kier molecular flexibility index (Phi) is 3.12. The van der Waals surface area contributed by atoms with Crippen LogP contribution in [0, 0.1) is 18.3 Å². The van der Waals surface area contributed by atoms with Crippen molar-refractivity contribution in [3.63, 3.8) is 0 Å². The lowest BCUT2D eigenvalue weighted by atomic mass is 10.0. The molecule has 1 aromatic heterocycles. The number of nitriles is 1. The van der Waals surface area contributed by atoms with Gasteiger partial charge in [-0.3, -0.25) is 0 Å². The van der Waals surface area contributed by atoms with E-state index in [-0.39, 0.29) is 0 Å². The monoisotopic (exact) mass is 236 g/mol. The number of halogens is 5. The molecule has 0 aliphatic carbocycles. The van der Waals surface area contributed by atoms with Crippen molar-refractivity contribution in [1.29, 1.82) is 5.26 Å². The number of rotatable bonds is 1. The smallest absolute Gasteiger partial charge is 0.244 e. The lowest BCUT2D eigenvalue weighted by Gasteiger charge is -2.13. The Morgan fingerprint density at radius 1 is 1.38 bits per heavy atom. The van der Waals surface area contributed by atoms with Crippen LogP contribution in [-0.4, -0.2) is 4.98 Å². The highest BCUT2D eigenvalue weighted by Crippen LogP contribution is 2.36. The van der Waals surface area contributed by atoms with Gasteiger partial charge in [0, 0.05) is 6.20 Å². The Labute approximate surface area is 87.3 Å². The van der Waals surface area contributed by atoms with Crippen LogP contribution >= 0.6 is 0 Å². The molecule has 0 aliphatic rings. The minimum absolute atomic E-state index is 0.389. The molecule has 1 aromatic rings. The molecular weight excluding hydrogens is 231 g/mol. The van der Waals surface area contributed by atoms with Crippen molar-refractivity contribution >= 4 is 0 Å². The standard InChI is InChI=1S/C9H5F5N2/c1-4-5(9(12,13)14)3-16-6(2-15)7(4)8(10)11/h3,8H,1H3.